The van der Waals surface area contributed by atoms with Crippen LogP contribution in [0.15, 0.2) is 6.07 Å². The molecule has 1 N–H and O–H groups in total. The highest BCUT2D eigenvalue weighted by Crippen LogP contribution is 2.32. The minimum atomic E-state index is 0.678. The van der Waals surface area contributed by atoms with E-state index in [1.807, 2.05) is 4.52 Å². The van der Waals surface area contributed by atoms with Crippen molar-refractivity contribution in [1.29, 1.82) is 0 Å². The summed E-state index contributed by atoms with van der Waals surface area (Å²) in [6.45, 7) is 0. The molecule has 20 heavy (non-hydrogen) atoms. The van der Waals surface area contributed by atoms with E-state index in [1.165, 1.54) is 61.9 Å². The normalized spacial score (nSPS) is 20.2. The Morgan fingerprint density at radius 2 is 1.90 bits per heavy atom. The van der Waals surface area contributed by atoms with Gasteiger partial charge in [-0.1, -0.05) is 31.5 Å². The molecule has 0 bridgehead atoms. The zero-order chi connectivity index (χ0) is 13.5. The first-order valence-electron chi connectivity index (χ1n) is 7.96. The Morgan fingerprint density at radius 3 is 2.75 bits per heavy atom. The van der Waals surface area contributed by atoms with Crippen molar-refractivity contribution in [2.24, 2.45) is 0 Å². The average Bonchev–Trinajstić information content (AvgIpc) is 2.93. The summed E-state index contributed by atoms with van der Waals surface area (Å²) < 4.78 is 3.01. The lowest BCUT2D eigenvalue weighted by molar-refractivity contribution is 0.435. The maximum Gasteiger partial charge on any atom is 0.154 e. The summed E-state index contributed by atoms with van der Waals surface area (Å²) >= 11 is 5.69. The monoisotopic (exact) mass is 287 g/mol. The number of aryl methyl sites for hydroxylation is 1. The quantitative estimate of drug-likeness (QED) is 0.792. The number of nitrogens with zero attached hydrogens (tertiary/aromatic N) is 2. The Morgan fingerprint density at radius 1 is 1.10 bits per heavy atom. The van der Waals surface area contributed by atoms with Crippen LogP contribution >= 0.6 is 12.2 Å². The van der Waals surface area contributed by atoms with Gasteiger partial charge in [-0.2, -0.15) is 0 Å². The van der Waals surface area contributed by atoms with Crippen LogP contribution in [0.3, 0.4) is 0 Å². The zero-order valence-electron chi connectivity index (χ0n) is 11.8. The first-order chi connectivity index (χ1) is 9.83. The standard InChI is InChI=1S/C16H21N3S/c20-16-12-8-4-5-9-13(12)17-15-10-14(18-19(15)16)11-6-2-1-3-7-11/h10-11,18H,1-9H2. The van der Waals surface area contributed by atoms with Crippen molar-refractivity contribution in [2.75, 3.05) is 0 Å². The second-order valence-corrected chi connectivity index (χ2v) is 6.68. The molecule has 0 aromatic carbocycles. The molecule has 4 heteroatoms. The average molecular weight is 287 g/mol. The Balaban J connectivity index is 1.82. The second-order valence-electron chi connectivity index (χ2n) is 6.29. The minimum absolute atomic E-state index is 0.678. The van der Waals surface area contributed by atoms with Crippen LogP contribution in [0.25, 0.3) is 5.65 Å². The smallest absolute Gasteiger partial charge is 0.154 e. The third-order valence-electron chi connectivity index (χ3n) is 4.95. The highest BCUT2D eigenvalue weighted by atomic mass is 32.1. The molecule has 0 aliphatic heterocycles. The van der Waals surface area contributed by atoms with E-state index in [2.05, 4.69) is 11.2 Å². The minimum Gasteiger partial charge on any atom is -0.295 e. The van der Waals surface area contributed by atoms with Crippen LogP contribution in [0, 0.1) is 4.64 Å². The zero-order valence-corrected chi connectivity index (χ0v) is 12.6. The summed E-state index contributed by atoms with van der Waals surface area (Å²) in [7, 11) is 0. The second kappa shape index (κ2) is 4.99. The molecular weight excluding hydrogens is 266 g/mol. The number of rotatable bonds is 1. The van der Waals surface area contributed by atoms with Crippen molar-refractivity contribution in [2.45, 2.75) is 63.7 Å². The van der Waals surface area contributed by atoms with Gasteiger partial charge in [-0.3, -0.25) is 5.10 Å². The van der Waals surface area contributed by atoms with Crippen molar-refractivity contribution < 1.29 is 0 Å². The third kappa shape index (κ3) is 2.01. The summed E-state index contributed by atoms with van der Waals surface area (Å²) in [5.41, 5.74) is 4.91. The van der Waals surface area contributed by atoms with Crippen molar-refractivity contribution in [3.63, 3.8) is 0 Å². The van der Waals surface area contributed by atoms with E-state index < -0.39 is 0 Å². The van der Waals surface area contributed by atoms with Gasteiger partial charge in [0.05, 0.1) is 0 Å². The van der Waals surface area contributed by atoms with Gasteiger partial charge in [-0.15, -0.1) is 0 Å². The third-order valence-corrected chi connectivity index (χ3v) is 5.38. The van der Waals surface area contributed by atoms with E-state index in [0.29, 0.717) is 5.92 Å². The Hall–Kier alpha value is -1.16. The molecule has 4 rings (SSSR count). The van der Waals surface area contributed by atoms with E-state index in [0.717, 1.165) is 23.1 Å². The molecular formula is C16H21N3S. The maximum atomic E-state index is 5.69. The Kier molecular flexibility index (Phi) is 3.14. The summed E-state index contributed by atoms with van der Waals surface area (Å²) in [4.78, 5) is 4.86. The lowest BCUT2D eigenvalue weighted by atomic mass is 9.87. The van der Waals surface area contributed by atoms with Gasteiger partial charge >= 0.3 is 0 Å². The molecule has 0 atom stereocenters. The fourth-order valence-electron chi connectivity index (χ4n) is 3.80. The number of aromatic amines is 1. The molecule has 1 saturated carbocycles. The van der Waals surface area contributed by atoms with Gasteiger partial charge in [-0.05, 0) is 38.5 Å². The lowest BCUT2D eigenvalue weighted by Crippen LogP contribution is -2.10. The molecule has 0 spiro atoms. The Bertz CT molecular complexity index is 692. The lowest BCUT2D eigenvalue weighted by Gasteiger charge is -2.19. The summed E-state index contributed by atoms with van der Waals surface area (Å²) in [6, 6.07) is 2.24. The molecule has 106 valence electrons. The maximum absolute atomic E-state index is 5.69. The van der Waals surface area contributed by atoms with Crippen molar-refractivity contribution in [3.8, 4) is 0 Å². The molecule has 2 heterocycles. The SMILES string of the molecule is S=c1c2c(nc3cc(C4CCCCC4)[nH]n13)CCCC2. The van der Waals surface area contributed by atoms with Gasteiger partial charge in [0.15, 0.2) is 5.65 Å². The van der Waals surface area contributed by atoms with Gasteiger partial charge < -0.3 is 0 Å². The molecule has 0 radical (unpaired) electrons. The molecule has 0 unspecified atom stereocenters. The predicted molar refractivity (Wildman–Crippen MR) is 82.8 cm³/mol. The number of H-pyrrole nitrogens is 1. The number of nitrogens with one attached hydrogen (secondary N) is 1. The largest absolute Gasteiger partial charge is 0.295 e. The van der Waals surface area contributed by atoms with Crippen LogP contribution in [0.1, 0.15) is 67.8 Å². The highest BCUT2D eigenvalue weighted by Gasteiger charge is 2.20. The fourth-order valence-corrected chi connectivity index (χ4v) is 4.16. The van der Waals surface area contributed by atoms with Crippen molar-refractivity contribution in [1.82, 2.24) is 14.6 Å². The number of fused-ring (bicyclic) bond motifs is 2. The van der Waals surface area contributed by atoms with Gasteiger partial charge in [0.2, 0.25) is 0 Å². The number of aromatic nitrogens is 3. The number of hydrogen-bond donors (Lipinski definition) is 1. The molecule has 0 saturated heterocycles. The Labute approximate surface area is 124 Å². The summed E-state index contributed by atoms with van der Waals surface area (Å²) in [6.07, 6.45) is 11.4. The molecule has 1 fully saturated rings. The molecule has 3 nitrogen and oxygen atoms in total. The predicted octanol–water partition coefficient (Wildman–Crippen LogP) is 4.32. The van der Waals surface area contributed by atoms with Gasteiger partial charge in [0.25, 0.3) is 0 Å². The van der Waals surface area contributed by atoms with Crippen LogP contribution in [0.4, 0.5) is 0 Å². The molecule has 2 aliphatic rings. The first-order valence-corrected chi connectivity index (χ1v) is 8.37. The van der Waals surface area contributed by atoms with Crippen molar-refractivity contribution in [3.05, 3.63) is 27.7 Å². The van der Waals surface area contributed by atoms with E-state index in [1.54, 1.807) is 0 Å². The van der Waals surface area contributed by atoms with Crippen LogP contribution in [-0.2, 0) is 12.8 Å². The molecule has 2 aromatic rings. The van der Waals surface area contributed by atoms with E-state index in [4.69, 9.17) is 17.2 Å². The van der Waals surface area contributed by atoms with Gasteiger partial charge in [0, 0.05) is 28.9 Å². The van der Waals surface area contributed by atoms with E-state index in [9.17, 15) is 0 Å². The van der Waals surface area contributed by atoms with E-state index >= 15 is 0 Å². The van der Waals surface area contributed by atoms with Gasteiger partial charge in [-0.25, -0.2) is 9.50 Å². The van der Waals surface area contributed by atoms with Gasteiger partial charge in [0.1, 0.15) is 4.64 Å². The van der Waals surface area contributed by atoms with Crippen molar-refractivity contribution >= 4 is 17.9 Å². The van der Waals surface area contributed by atoms with Crippen LogP contribution < -0.4 is 0 Å². The highest BCUT2D eigenvalue weighted by molar-refractivity contribution is 7.71. The molecule has 2 aromatic heterocycles. The van der Waals surface area contributed by atoms with Crippen LogP contribution in [0.2, 0.25) is 0 Å². The number of hydrogen-bond acceptors (Lipinski definition) is 2. The van der Waals surface area contributed by atoms with Crippen LogP contribution in [-0.4, -0.2) is 14.6 Å². The first kappa shape index (κ1) is 12.6. The summed E-state index contributed by atoms with van der Waals surface area (Å²) in [5.74, 6) is 0.678. The topological polar surface area (TPSA) is 33.1 Å². The van der Waals surface area contributed by atoms with Crippen LogP contribution in [0.5, 0.6) is 0 Å². The molecule has 2 aliphatic carbocycles. The van der Waals surface area contributed by atoms with E-state index in [-0.39, 0.29) is 0 Å². The molecule has 0 amide bonds. The summed E-state index contributed by atoms with van der Waals surface area (Å²) in [5, 5.41) is 3.53. The fraction of sp³-hybridized carbons (Fsp3) is 0.625.